The quantitative estimate of drug-likeness (QED) is 0.490. The Labute approximate surface area is 188 Å². The van der Waals surface area contributed by atoms with Gasteiger partial charge in [0.1, 0.15) is 29.5 Å². The minimum atomic E-state index is -0.667. The van der Waals surface area contributed by atoms with E-state index in [2.05, 4.69) is 14.8 Å². The van der Waals surface area contributed by atoms with Gasteiger partial charge in [0.25, 0.3) is 5.91 Å². The number of ether oxygens (including phenoxy) is 1. The van der Waals surface area contributed by atoms with Crippen LogP contribution in [-0.2, 0) is 0 Å². The number of imidazole rings is 1. The van der Waals surface area contributed by atoms with Gasteiger partial charge in [-0.15, -0.1) is 0 Å². The predicted molar refractivity (Wildman–Crippen MR) is 119 cm³/mol. The van der Waals surface area contributed by atoms with Crippen LogP contribution < -0.4 is 10.5 Å². The standard InChI is InChI=1S/C24H19FN6O2/c1-27-17-6-14(17)12-3-4-13-21(10-33-22(13)5-12)30(2)24(32)15-7-19-18(8-16(15)25)29-23(26)20-9-28-11-31(19)20/h3-5,7-9,11,14,17,21H,6,10H2,2H3,(H2,26,29)/t14-,17+,21-/m1/s1. The molecule has 0 saturated heterocycles. The van der Waals surface area contributed by atoms with Gasteiger partial charge in [0, 0.05) is 25.1 Å². The number of aromatic nitrogens is 3. The number of benzene rings is 2. The lowest BCUT2D eigenvalue weighted by Crippen LogP contribution is -2.32. The highest BCUT2D eigenvalue weighted by Crippen LogP contribution is 2.46. The number of nitrogens with zero attached hydrogens (tertiary/aromatic N) is 5. The van der Waals surface area contributed by atoms with E-state index in [9.17, 15) is 9.18 Å². The van der Waals surface area contributed by atoms with E-state index >= 15 is 0 Å². The predicted octanol–water partition coefficient (Wildman–Crippen LogP) is 3.58. The second kappa shape index (κ2) is 6.90. The molecule has 8 nitrogen and oxygen atoms in total. The fraction of sp³-hybridized carbons (Fsp3) is 0.250. The Morgan fingerprint density at radius 3 is 2.97 bits per heavy atom. The molecule has 2 N–H and O–H groups in total. The van der Waals surface area contributed by atoms with Crippen LogP contribution in [0.15, 0.2) is 42.9 Å². The molecular formula is C24H19FN6O2. The van der Waals surface area contributed by atoms with Gasteiger partial charge >= 0.3 is 0 Å². The third-order valence-corrected chi connectivity index (χ3v) is 6.63. The normalized spacial score (nSPS) is 20.9. The van der Waals surface area contributed by atoms with E-state index in [4.69, 9.17) is 17.0 Å². The van der Waals surface area contributed by atoms with Crippen molar-refractivity contribution < 1.29 is 13.9 Å². The summed E-state index contributed by atoms with van der Waals surface area (Å²) in [7, 11) is 1.65. The molecule has 33 heavy (non-hydrogen) atoms. The van der Waals surface area contributed by atoms with Crippen LogP contribution in [0.3, 0.4) is 0 Å². The Kier molecular flexibility index (Phi) is 4.08. The van der Waals surface area contributed by atoms with Crippen LogP contribution >= 0.6 is 0 Å². The van der Waals surface area contributed by atoms with E-state index < -0.39 is 11.7 Å². The van der Waals surface area contributed by atoms with Crippen LogP contribution in [0.4, 0.5) is 10.2 Å². The number of likely N-dealkylation sites (N-methyl/N-ethyl adjacent to an activating group) is 1. The van der Waals surface area contributed by atoms with Gasteiger partial charge in [0.05, 0.1) is 41.1 Å². The molecule has 6 rings (SSSR count). The fourth-order valence-corrected chi connectivity index (χ4v) is 4.64. The fourth-order valence-electron chi connectivity index (χ4n) is 4.64. The Morgan fingerprint density at radius 2 is 2.18 bits per heavy atom. The van der Waals surface area contributed by atoms with Gasteiger partial charge in [0.15, 0.2) is 0 Å². The van der Waals surface area contributed by atoms with Gasteiger partial charge in [0.2, 0.25) is 6.04 Å². The number of amides is 1. The molecule has 2 aromatic carbocycles. The summed E-state index contributed by atoms with van der Waals surface area (Å²) in [5, 5.41) is 0. The van der Waals surface area contributed by atoms with Gasteiger partial charge in [-0.3, -0.25) is 9.20 Å². The maximum atomic E-state index is 15.0. The van der Waals surface area contributed by atoms with Gasteiger partial charge in [-0.1, -0.05) is 12.1 Å². The molecule has 1 aliphatic heterocycles. The van der Waals surface area contributed by atoms with Crippen LogP contribution in [0.1, 0.15) is 39.9 Å². The lowest BCUT2D eigenvalue weighted by atomic mass is 10.0. The highest BCUT2D eigenvalue weighted by Gasteiger charge is 2.46. The van der Waals surface area contributed by atoms with E-state index in [1.807, 2.05) is 18.2 Å². The average Bonchev–Trinajstić information content (AvgIpc) is 3.22. The van der Waals surface area contributed by atoms with E-state index in [1.165, 1.54) is 17.0 Å². The number of hydrogen-bond donors (Lipinski definition) is 1. The minimum Gasteiger partial charge on any atom is -0.491 e. The number of carbonyl (C=O) groups is 1. The van der Waals surface area contributed by atoms with E-state index in [0.717, 1.165) is 17.5 Å². The highest BCUT2D eigenvalue weighted by molar-refractivity contribution is 5.98. The van der Waals surface area contributed by atoms with Crippen molar-refractivity contribution in [2.24, 2.45) is 0 Å². The number of nitrogen functional groups attached to an aromatic ring is 1. The van der Waals surface area contributed by atoms with Gasteiger partial charge in [-0.2, -0.15) is 0 Å². The zero-order valence-corrected chi connectivity index (χ0v) is 17.7. The van der Waals surface area contributed by atoms with Crippen molar-refractivity contribution in [2.45, 2.75) is 24.4 Å². The van der Waals surface area contributed by atoms with E-state index in [0.29, 0.717) is 22.3 Å². The van der Waals surface area contributed by atoms with Crippen molar-refractivity contribution in [3.8, 4) is 5.75 Å². The van der Waals surface area contributed by atoms with Crippen LogP contribution in [0.25, 0.3) is 21.4 Å². The second-order valence-corrected chi connectivity index (χ2v) is 8.55. The zero-order valence-electron chi connectivity index (χ0n) is 17.7. The molecule has 0 spiro atoms. The summed E-state index contributed by atoms with van der Waals surface area (Å²) in [5.41, 5.74) is 9.32. The Bertz CT molecular complexity index is 1510. The lowest BCUT2D eigenvalue weighted by Gasteiger charge is -2.24. The summed E-state index contributed by atoms with van der Waals surface area (Å²) in [6.07, 6.45) is 4.00. The van der Waals surface area contributed by atoms with Crippen molar-refractivity contribution in [1.82, 2.24) is 19.3 Å². The molecule has 4 aromatic rings. The number of halogens is 1. The molecule has 3 atom stereocenters. The molecule has 9 heteroatoms. The van der Waals surface area contributed by atoms with Crippen LogP contribution in [0.5, 0.6) is 5.75 Å². The van der Waals surface area contributed by atoms with E-state index in [-0.39, 0.29) is 36.0 Å². The third kappa shape index (κ3) is 2.91. The monoisotopic (exact) mass is 442 g/mol. The maximum Gasteiger partial charge on any atom is 0.257 e. The van der Waals surface area contributed by atoms with Gasteiger partial charge < -0.3 is 20.2 Å². The van der Waals surface area contributed by atoms with Crippen molar-refractivity contribution in [2.75, 3.05) is 19.4 Å². The van der Waals surface area contributed by atoms with Crippen LogP contribution in [0.2, 0.25) is 0 Å². The van der Waals surface area contributed by atoms with E-state index in [1.54, 1.807) is 24.0 Å². The first-order valence-electron chi connectivity index (χ1n) is 10.6. The molecule has 164 valence electrons. The molecular weight excluding hydrogens is 423 g/mol. The van der Waals surface area contributed by atoms with Crippen molar-refractivity contribution in [1.29, 1.82) is 0 Å². The summed E-state index contributed by atoms with van der Waals surface area (Å²) in [5.74, 6) is 0.0821. The largest absolute Gasteiger partial charge is 0.491 e. The number of fused-ring (bicyclic) bond motifs is 4. The molecule has 1 amide bonds. The minimum absolute atomic E-state index is 0.0483. The topological polar surface area (TPSA) is 90.1 Å². The smallest absolute Gasteiger partial charge is 0.257 e. The first-order chi connectivity index (χ1) is 16.0. The number of nitrogens with two attached hydrogens (primary N) is 1. The number of rotatable bonds is 3. The number of hydrogen-bond acceptors (Lipinski definition) is 5. The number of carbonyl (C=O) groups excluding carboxylic acids is 1. The Hall–Kier alpha value is -4.19. The van der Waals surface area contributed by atoms with Crippen LogP contribution in [-0.4, -0.2) is 44.9 Å². The third-order valence-electron chi connectivity index (χ3n) is 6.63. The first kappa shape index (κ1) is 19.5. The molecule has 1 saturated carbocycles. The summed E-state index contributed by atoms with van der Waals surface area (Å²) in [6, 6.07) is 8.33. The van der Waals surface area contributed by atoms with Crippen molar-refractivity contribution in [3.05, 3.63) is 76.8 Å². The molecule has 2 aromatic heterocycles. The highest BCUT2D eigenvalue weighted by atomic mass is 19.1. The van der Waals surface area contributed by atoms with Crippen molar-refractivity contribution >= 4 is 28.3 Å². The molecule has 1 aliphatic carbocycles. The molecule has 2 aliphatic rings. The first-order valence-corrected chi connectivity index (χ1v) is 10.6. The molecule has 0 radical (unpaired) electrons. The van der Waals surface area contributed by atoms with Crippen molar-refractivity contribution in [3.63, 3.8) is 0 Å². The SMILES string of the molecule is [C-]#[N+][C@H]1C[C@@H]1c1ccc2c(c1)OC[C@H]2N(C)C(=O)c1cc2c(cc1F)nc(N)c1cncn12. The summed E-state index contributed by atoms with van der Waals surface area (Å²) in [4.78, 5) is 26.8. The maximum absolute atomic E-state index is 15.0. The Balaban J connectivity index is 1.34. The summed E-state index contributed by atoms with van der Waals surface area (Å²) >= 11 is 0. The van der Waals surface area contributed by atoms with Crippen LogP contribution in [0, 0.1) is 12.4 Å². The molecule has 1 fully saturated rings. The summed E-state index contributed by atoms with van der Waals surface area (Å²) < 4.78 is 22.5. The Morgan fingerprint density at radius 1 is 1.33 bits per heavy atom. The lowest BCUT2D eigenvalue weighted by molar-refractivity contribution is 0.0704. The summed E-state index contributed by atoms with van der Waals surface area (Å²) in [6.45, 7) is 7.48. The molecule has 0 bridgehead atoms. The molecule has 3 heterocycles. The second-order valence-electron chi connectivity index (χ2n) is 8.55. The van der Waals surface area contributed by atoms with Gasteiger partial charge in [-0.25, -0.2) is 20.9 Å². The zero-order chi connectivity index (χ0) is 22.9. The molecule has 0 unspecified atom stereocenters. The average molecular weight is 442 g/mol. The van der Waals surface area contributed by atoms with Gasteiger partial charge in [-0.05, 0) is 17.7 Å². The number of anilines is 1.